The van der Waals surface area contributed by atoms with E-state index in [0.29, 0.717) is 59.0 Å². The average molecular weight is 1000 g/mol. The van der Waals surface area contributed by atoms with Gasteiger partial charge in [0.15, 0.2) is 11.5 Å². The Morgan fingerprint density at radius 3 is 1.61 bits per heavy atom. The van der Waals surface area contributed by atoms with Crippen LogP contribution in [0.3, 0.4) is 0 Å². The molecule has 0 saturated heterocycles. The summed E-state index contributed by atoms with van der Waals surface area (Å²) in [5, 5.41) is 4.67. The summed E-state index contributed by atoms with van der Waals surface area (Å²) in [6.45, 7) is 18.5. The Hall–Kier alpha value is -8.38. The number of thiazole rings is 1. The van der Waals surface area contributed by atoms with E-state index in [1.165, 1.54) is 60.9 Å². The first-order chi connectivity index (χ1) is 34.7. The summed E-state index contributed by atoms with van der Waals surface area (Å²) in [5.41, 5.74) is 4.04. The van der Waals surface area contributed by atoms with Crippen LogP contribution >= 0.6 is 11.3 Å². The Morgan fingerprint density at radius 2 is 1.08 bits per heavy atom. The number of hydrogen-bond donors (Lipinski definition) is 1. The monoisotopic (exact) mass is 1000 g/mol. The van der Waals surface area contributed by atoms with Crippen LogP contribution in [-0.4, -0.2) is 73.4 Å². The van der Waals surface area contributed by atoms with Gasteiger partial charge < -0.3 is 37.9 Å². The number of carbonyl (C=O) groups is 6. The lowest BCUT2D eigenvalue weighted by Crippen LogP contribution is -2.15. The van der Waals surface area contributed by atoms with E-state index < -0.39 is 35.8 Å². The standard InChI is InChI=1S/C54H55N3O14S/c1-7-47(58)66-29-15-11-9-13-27-64-40-21-17-37(18-22-40)52(62)69-43-31-39(34-55-57-54-56-44-26-25-42(33-46(44)72-54)68-50(60)35(3)4)49(45(32-43)70-51(61)36(5)6)71-53(63)38-19-23-41(24-20-38)65-28-14-10-12-16-30-67-48(59)8-2/h7-8,17-26,31-34H,1-3,5,9-16,27-30H2,4,6H3,(H,56,57)/b55-34+. The summed E-state index contributed by atoms with van der Waals surface area (Å²) >= 11 is 1.21. The number of hydrogen-bond acceptors (Lipinski definition) is 18. The molecule has 1 heterocycles. The predicted octanol–water partition coefficient (Wildman–Crippen LogP) is 10.5. The summed E-state index contributed by atoms with van der Waals surface area (Å²) in [4.78, 5) is 79.4. The van der Waals surface area contributed by atoms with Crippen LogP contribution in [0.2, 0.25) is 0 Å². The second-order valence-electron chi connectivity index (χ2n) is 15.8. The Morgan fingerprint density at radius 1 is 0.583 bits per heavy atom. The van der Waals surface area contributed by atoms with Crippen LogP contribution in [0.4, 0.5) is 5.13 Å². The number of aromatic nitrogens is 1. The molecule has 0 radical (unpaired) electrons. The number of hydrazone groups is 1. The maximum absolute atomic E-state index is 13.8. The fourth-order valence-corrected chi connectivity index (χ4v) is 6.99. The van der Waals surface area contributed by atoms with Crippen molar-refractivity contribution in [2.75, 3.05) is 31.9 Å². The number of anilines is 1. The highest BCUT2D eigenvalue weighted by Crippen LogP contribution is 2.37. The third-order valence-electron chi connectivity index (χ3n) is 9.91. The van der Waals surface area contributed by atoms with Gasteiger partial charge in [0.2, 0.25) is 5.13 Å². The smallest absolute Gasteiger partial charge is 0.343 e. The number of nitrogens with one attached hydrogen (secondary N) is 1. The van der Waals surface area contributed by atoms with E-state index in [1.54, 1.807) is 49.4 Å². The van der Waals surface area contributed by atoms with Crippen molar-refractivity contribution in [2.45, 2.75) is 65.2 Å². The van der Waals surface area contributed by atoms with Gasteiger partial charge in [-0.2, -0.15) is 5.10 Å². The molecular weight excluding hydrogens is 947 g/mol. The van der Waals surface area contributed by atoms with Crippen LogP contribution < -0.4 is 33.8 Å². The molecule has 1 aromatic heterocycles. The van der Waals surface area contributed by atoms with Crippen molar-refractivity contribution in [3.8, 4) is 34.5 Å². The maximum Gasteiger partial charge on any atom is 0.343 e. The molecule has 18 heteroatoms. The highest BCUT2D eigenvalue weighted by molar-refractivity contribution is 7.22. The van der Waals surface area contributed by atoms with Gasteiger partial charge in [0.1, 0.15) is 23.0 Å². The van der Waals surface area contributed by atoms with Crippen molar-refractivity contribution < 1.29 is 66.7 Å². The molecule has 4 aromatic carbocycles. The molecule has 0 amide bonds. The van der Waals surface area contributed by atoms with Crippen LogP contribution in [0.15, 0.2) is 134 Å². The molecule has 0 bridgehead atoms. The lowest BCUT2D eigenvalue weighted by molar-refractivity contribution is -0.138. The molecule has 1 N–H and O–H groups in total. The maximum atomic E-state index is 13.8. The van der Waals surface area contributed by atoms with Crippen LogP contribution in [0.25, 0.3) is 10.2 Å². The topological polar surface area (TPSA) is 214 Å². The Labute approximate surface area is 420 Å². The second kappa shape index (κ2) is 28.3. The summed E-state index contributed by atoms with van der Waals surface area (Å²) in [5.74, 6) is -3.21. The number of nitrogens with zero attached hydrogens (tertiary/aromatic N) is 2. The van der Waals surface area contributed by atoms with Crippen molar-refractivity contribution in [3.63, 3.8) is 0 Å². The summed E-state index contributed by atoms with van der Waals surface area (Å²) in [7, 11) is 0. The SMILES string of the molecule is C=CC(=O)OCCCCCCOc1ccc(C(=O)Oc2cc(/C=N/Nc3nc4ccc(OC(=O)C(=C)C)cc4s3)c(OC(=O)c3ccc(OCCCCCCOC(=O)C=C)cc3)c(OC(=O)C(=C)C)c2)cc1. The summed E-state index contributed by atoms with van der Waals surface area (Å²) in [6, 6.07) is 20.1. The number of ether oxygens (including phenoxy) is 8. The Bertz CT molecular complexity index is 2800. The normalized spacial score (nSPS) is 10.7. The van der Waals surface area contributed by atoms with Crippen LogP contribution in [-0.2, 0) is 28.7 Å². The zero-order chi connectivity index (χ0) is 51.8. The fraction of sp³-hybridized carbons (Fsp3) is 0.259. The number of benzene rings is 4. The first-order valence-corrected chi connectivity index (χ1v) is 23.7. The van der Waals surface area contributed by atoms with Gasteiger partial charge in [-0.3, -0.25) is 5.43 Å². The van der Waals surface area contributed by atoms with Crippen LogP contribution in [0.1, 0.15) is 91.5 Å². The molecule has 5 aromatic rings. The van der Waals surface area contributed by atoms with Gasteiger partial charge >= 0.3 is 35.8 Å². The molecule has 0 atom stereocenters. The zero-order valence-electron chi connectivity index (χ0n) is 40.1. The molecule has 72 heavy (non-hydrogen) atoms. The number of esters is 6. The molecule has 0 spiro atoms. The molecule has 376 valence electrons. The van der Waals surface area contributed by atoms with Gasteiger partial charge in [-0.05, 0) is 132 Å². The molecule has 0 aliphatic heterocycles. The molecule has 0 saturated carbocycles. The number of unbranched alkanes of at least 4 members (excludes halogenated alkanes) is 6. The molecule has 17 nitrogen and oxygen atoms in total. The van der Waals surface area contributed by atoms with Crippen molar-refractivity contribution in [1.29, 1.82) is 0 Å². The van der Waals surface area contributed by atoms with Crippen molar-refractivity contribution in [1.82, 2.24) is 4.98 Å². The minimum atomic E-state index is -0.859. The van der Waals surface area contributed by atoms with E-state index in [-0.39, 0.29) is 45.1 Å². The van der Waals surface area contributed by atoms with E-state index in [4.69, 9.17) is 37.9 Å². The van der Waals surface area contributed by atoms with Gasteiger partial charge in [0.05, 0.1) is 54.0 Å². The van der Waals surface area contributed by atoms with Gasteiger partial charge in [-0.25, -0.2) is 33.8 Å². The highest BCUT2D eigenvalue weighted by Gasteiger charge is 2.23. The minimum absolute atomic E-state index is 0.0263. The molecule has 0 aliphatic rings. The third kappa shape index (κ3) is 17.9. The molecule has 5 rings (SSSR count). The molecule has 0 fully saturated rings. The van der Waals surface area contributed by atoms with Gasteiger partial charge in [0.25, 0.3) is 0 Å². The zero-order valence-corrected chi connectivity index (χ0v) is 40.9. The van der Waals surface area contributed by atoms with Gasteiger partial charge in [-0.15, -0.1) is 0 Å². The van der Waals surface area contributed by atoms with Crippen molar-refractivity contribution >= 4 is 68.7 Å². The predicted molar refractivity (Wildman–Crippen MR) is 271 cm³/mol. The lowest BCUT2D eigenvalue weighted by Gasteiger charge is -2.15. The number of fused-ring (bicyclic) bond motifs is 1. The van der Waals surface area contributed by atoms with Crippen molar-refractivity contribution in [3.05, 3.63) is 145 Å². The van der Waals surface area contributed by atoms with E-state index >= 15 is 0 Å². The first kappa shape index (κ1) is 54.6. The van der Waals surface area contributed by atoms with Gasteiger partial charge in [-0.1, -0.05) is 37.7 Å². The van der Waals surface area contributed by atoms with E-state index in [1.807, 2.05) is 0 Å². The summed E-state index contributed by atoms with van der Waals surface area (Å²) in [6.07, 6.45) is 9.92. The van der Waals surface area contributed by atoms with E-state index in [9.17, 15) is 28.8 Å². The first-order valence-electron chi connectivity index (χ1n) is 22.8. The average Bonchev–Trinajstić information content (AvgIpc) is 3.78. The third-order valence-corrected chi connectivity index (χ3v) is 10.8. The molecule has 0 aliphatic carbocycles. The largest absolute Gasteiger partial charge is 0.494 e. The summed E-state index contributed by atoms with van der Waals surface area (Å²) < 4.78 is 45.1. The highest BCUT2D eigenvalue weighted by atomic mass is 32.1. The van der Waals surface area contributed by atoms with Crippen LogP contribution in [0.5, 0.6) is 34.5 Å². The lowest BCUT2D eigenvalue weighted by atomic mass is 10.1. The quantitative estimate of drug-likeness (QED) is 0.0118. The number of carbonyl (C=O) groups excluding carboxylic acids is 6. The molecular formula is C54H55N3O14S. The Kier molecular flexibility index (Phi) is 21.5. The molecule has 0 unspecified atom stereocenters. The number of rotatable bonds is 29. The van der Waals surface area contributed by atoms with Crippen molar-refractivity contribution in [2.24, 2.45) is 5.10 Å². The second-order valence-corrected chi connectivity index (χ2v) is 16.8. The fourth-order valence-electron chi connectivity index (χ4n) is 6.14. The van der Waals surface area contributed by atoms with E-state index in [2.05, 4.69) is 41.8 Å². The van der Waals surface area contributed by atoms with Gasteiger partial charge in [0, 0.05) is 41.0 Å². The minimum Gasteiger partial charge on any atom is -0.494 e. The Balaban J connectivity index is 1.33. The van der Waals surface area contributed by atoms with Crippen LogP contribution in [0, 0.1) is 0 Å². The van der Waals surface area contributed by atoms with E-state index in [0.717, 1.165) is 63.5 Å².